The maximum atomic E-state index is 12.7. The number of hydrogen-bond acceptors (Lipinski definition) is 6. The Labute approximate surface area is 164 Å². The minimum absolute atomic E-state index is 0.0203. The number of thiophene rings is 1. The zero-order valence-corrected chi connectivity index (χ0v) is 17.4. The highest BCUT2D eigenvalue weighted by Crippen LogP contribution is 2.34. The SMILES string of the molecule is CCOCC(O)CN(CCC(C)C)Cc1nc2sc3c(c2c(=O)[nH]1)CCC3. The van der Waals surface area contributed by atoms with E-state index in [1.165, 1.54) is 10.4 Å². The second kappa shape index (κ2) is 9.28. The van der Waals surface area contributed by atoms with Crippen LogP contribution in [0, 0.1) is 5.92 Å². The number of aliphatic hydroxyl groups excluding tert-OH is 1. The van der Waals surface area contributed by atoms with Gasteiger partial charge in [-0.25, -0.2) is 4.98 Å². The van der Waals surface area contributed by atoms with Crippen LogP contribution in [-0.4, -0.2) is 52.4 Å². The van der Waals surface area contributed by atoms with E-state index in [9.17, 15) is 9.90 Å². The van der Waals surface area contributed by atoms with Crippen LogP contribution < -0.4 is 5.56 Å². The normalized spacial score (nSPS) is 15.2. The first-order valence-corrected chi connectivity index (χ1v) is 10.8. The Morgan fingerprint density at radius 3 is 2.93 bits per heavy atom. The average molecular weight is 394 g/mol. The van der Waals surface area contributed by atoms with Gasteiger partial charge in [-0.2, -0.15) is 0 Å². The first-order chi connectivity index (χ1) is 13.0. The molecule has 0 bridgehead atoms. The van der Waals surface area contributed by atoms with Crippen molar-refractivity contribution in [1.29, 1.82) is 0 Å². The van der Waals surface area contributed by atoms with E-state index in [2.05, 4.69) is 23.7 Å². The molecule has 3 rings (SSSR count). The number of H-pyrrole nitrogens is 1. The summed E-state index contributed by atoms with van der Waals surface area (Å²) < 4.78 is 5.34. The number of nitrogens with one attached hydrogen (secondary N) is 1. The largest absolute Gasteiger partial charge is 0.389 e. The molecule has 7 heteroatoms. The van der Waals surface area contributed by atoms with Gasteiger partial charge in [0.15, 0.2) is 0 Å². The topological polar surface area (TPSA) is 78.5 Å². The number of fused-ring (bicyclic) bond motifs is 3. The summed E-state index contributed by atoms with van der Waals surface area (Å²) in [6.45, 7) is 9.11. The van der Waals surface area contributed by atoms with Crippen molar-refractivity contribution >= 4 is 21.6 Å². The lowest BCUT2D eigenvalue weighted by Crippen LogP contribution is -2.36. The van der Waals surface area contributed by atoms with E-state index in [0.717, 1.165) is 42.4 Å². The third kappa shape index (κ3) is 5.16. The van der Waals surface area contributed by atoms with Crippen LogP contribution in [0.4, 0.5) is 0 Å². The molecule has 0 saturated carbocycles. The Morgan fingerprint density at radius 1 is 1.37 bits per heavy atom. The van der Waals surface area contributed by atoms with Gasteiger partial charge in [-0.1, -0.05) is 13.8 Å². The average Bonchev–Trinajstić information content (AvgIpc) is 3.18. The van der Waals surface area contributed by atoms with Crippen LogP contribution in [0.2, 0.25) is 0 Å². The fourth-order valence-corrected chi connectivity index (χ4v) is 4.89. The maximum absolute atomic E-state index is 12.7. The van der Waals surface area contributed by atoms with Crippen molar-refractivity contribution < 1.29 is 9.84 Å². The molecule has 1 unspecified atom stereocenters. The standard InChI is InChI=1S/C20H31N3O3S/c1-4-26-12-14(24)10-23(9-8-13(2)3)11-17-21-19(25)18-15-6-5-7-16(15)27-20(18)22-17/h13-14,24H,4-12H2,1-3H3,(H,21,22,25). The first kappa shape index (κ1) is 20.5. The number of ether oxygens (including phenoxy) is 1. The predicted molar refractivity (Wildman–Crippen MR) is 109 cm³/mol. The van der Waals surface area contributed by atoms with Crippen LogP contribution in [-0.2, 0) is 24.1 Å². The second-order valence-corrected chi connectivity index (χ2v) is 8.86. The minimum Gasteiger partial charge on any atom is -0.389 e. The molecule has 2 aromatic rings. The number of aromatic amines is 1. The lowest BCUT2D eigenvalue weighted by atomic mass is 10.1. The molecular formula is C20H31N3O3S. The Balaban J connectivity index is 1.76. The number of aromatic nitrogens is 2. The molecule has 27 heavy (non-hydrogen) atoms. The summed E-state index contributed by atoms with van der Waals surface area (Å²) in [6, 6.07) is 0. The van der Waals surface area contributed by atoms with Gasteiger partial charge in [0.1, 0.15) is 10.7 Å². The molecule has 150 valence electrons. The lowest BCUT2D eigenvalue weighted by molar-refractivity contribution is 0.0183. The van der Waals surface area contributed by atoms with E-state index in [0.29, 0.717) is 38.0 Å². The predicted octanol–water partition coefficient (Wildman–Crippen LogP) is 2.72. The zero-order chi connectivity index (χ0) is 19.4. The van der Waals surface area contributed by atoms with E-state index in [1.54, 1.807) is 11.3 Å². The number of aryl methyl sites for hydroxylation is 2. The molecule has 2 aromatic heterocycles. The molecule has 0 aliphatic heterocycles. The summed E-state index contributed by atoms with van der Waals surface area (Å²) in [5, 5.41) is 11.0. The summed E-state index contributed by atoms with van der Waals surface area (Å²) in [6.07, 6.45) is 3.68. The molecule has 1 aliphatic carbocycles. The molecule has 0 saturated heterocycles. The van der Waals surface area contributed by atoms with Gasteiger partial charge in [0, 0.05) is 18.0 Å². The molecule has 1 atom stereocenters. The van der Waals surface area contributed by atoms with Gasteiger partial charge in [-0.15, -0.1) is 11.3 Å². The summed E-state index contributed by atoms with van der Waals surface area (Å²) in [4.78, 5) is 24.7. The molecule has 2 N–H and O–H groups in total. The van der Waals surface area contributed by atoms with Crippen LogP contribution >= 0.6 is 11.3 Å². The van der Waals surface area contributed by atoms with Crippen LogP contribution in [0.1, 0.15) is 49.9 Å². The Morgan fingerprint density at radius 2 is 2.19 bits per heavy atom. The summed E-state index contributed by atoms with van der Waals surface area (Å²) in [5.41, 5.74) is 1.19. The lowest BCUT2D eigenvalue weighted by Gasteiger charge is -2.25. The van der Waals surface area contributed by atoms with E-state index in [1.807, 2.05) is 6.92 Å². The van der Waals surface area contributed by atoms with Gasteiger partial charge >= 0.3 is 0 Å². The van der Waals surface area contributed by atoms with Gasteiger partial charge in [-0.05, 0) is 50.6 Å². The first-order valence-electron chi connectivity index (χ1n) is 9.99. The Bertz CT molecular complexity index is 815. The Kier molecular flexibility index (Phi) is 7.03. The summed E-state index contributed by atoms with van der Waals surface area (Å²) >= 11 is 1.67. The second-order valence-electron chi connectivity index (χ2n) is 7.78. The van der Waals surface area contributed by atoms with Gasteiger partial charge in [0.25, 0.3) is 5.56 Å². The maximum Gasteiger partial charge on any atom is 0.259 e. The molecule has 0 aromatic carbocycles. The minimum atomic E-state index is -0.543. The Hall–Kier alpha value is -1.28. The van der Waals surface area contributed by atoms with E-state index < -0.39 is 6.10 Å². The molecule has 0 radical (unpaired) electrons. The van der Waals surface area contributed by atoms with E-state index >= 15 is 0 Å². The number of rotatable bonds is 10. The van der Waals surface area contributed by atoms with Gasteiger partial charge in [-0.3, -0.25) is 9.69 Å². The summed E-state index contributed by atoms with van der Waals surface area (Å²) in [7, 11) is 0. The van der Waals surface area contributed by atoms with Crippen LogP contribution in [0.3, 0.4) is 0 Å². The van der Waals surface area contributed by atoms with Crippen molar-refractivity contribution in [3.8, 4) is 0 Å². The molecule has 6 nitrogen and oxygen atoms in total. The zero-order valence-electron chi connectivity index (χ0n) is 16.6. The van der Waals surface area contributed by atoms with Crippen LogP contribution in [0.5, 0.6) is 0 Å². The van der Waals surface area contributed by atoms with Crippen LogP contribution in [0.15, 0.2) is 4.79 Å². The number of nitrogens with zero attached hydrogens (tertiary/aromatic N) is 2. The van der Waals surface area contributed by atoms with Crippen molar-refractivity contribution in [3.63, 3.8) is 0 Å². The molecule has 0 spiro atoms. The highest BCUT2D eigenvalue weighted by Gasteiger charge is 2.22. The third-order valence-corrected chi connectivity index (χ3v) is 6.19. The quantitative estimate of drug-likeness (QED) is 0.649. The number of hydrogen-bond donors (Lipinski definition) is 2. The molecule has 0 amide bonds. The third-order valence-electron chi connectivity index (χ3n) is 5.00. The fourth-order valence-electron chi connectivity index (χ4n) is 3.61. The van der Waals surface area contributed by atoms with Gasteiger partial charge in [0.05, 0.1) is 24.6 Å². The number of aliphatic hydroxyl groups is 1. The van der Waals surface area contributed by atoms with Crippen molar-refractivity contribution in [2.24, 2.45) is 5.92 Å². The van der Waals surface area contributed by atoms with Crippen LogP contribution in [0.25, 0.3) is 10.2 Å². The highest BCUT2D eigenvalue weighted by molar-refractivity contribution is 7.18. The molecule has 0 fully saturated rings. The molecule has 1 aliphatic rings. The van der Waals surface area contributed by atoms with Crippen molar-refractivity contribution in [2.75, 3.05) is 26.3 Å². The van der Waals surface area contributed by atoms with Gasteiger partial charge in [0.2, 0.25) is 0 Å². The van der Waals surface area contributed by atoms with Gasteiger partial charge < -0.3 is 14.8 Å². The monoisotopic (exact) mass is 393 g/mol. The highest BCUT2D eigenvalue weighted by atomic mass is 32.1. The van der Waals surface area contributed by atoms with E-state index in [-0.39, 0.29) is 5.56 Å². The smallest absolute Gasteiger partial charge is 0.259 e. The van der Waals surface area contributed by atoms with Crippen molar-refractivity contribution in [1.82, 2.24) is 14.9 Å². The summed E-state index contributed by atoms with van der Waals surface area (Å²) in [5.74, 6) is 1.26. The van der Waals surface area contributed by atoms with E-state index in [4.69, 9.17) is 9.72 Å². The molecular weight excluding hydrogens is 362 g/mol. The molecule has 2 heterocycles. The fraction of sp³-hybridized carbons (Fsp3) is 0.700. The van der Waals surface area contributed by atoms with Crippen molar-refractivity contribution in [3.05, 3.63) is 26.6 Å². The van der Waals surface area contributed by atoms with Crippen molar-refractivity contribution in [2.45, 2.75) is 59.1 Å².